The molecule has 1 saturated heterocycles. The van der Waals surface area contributed by atoms with E-state index in [1.165, 1.54) is 10.9 Å². The van der Waals surface area contributed by atoms with Crippen LogP contribution in [-0.2, 0) is 11.3 Å². The molecule has 0 spiro atoms. The monoisotopic (exact) mass is 400 g/mol. The lowest BCUT2D eigenvalue weighted by atomic mass is 10.2. The Bertz CT molecular complexity index is 1300. The van der Waals surface area contributed by atoms with E-state index in [1.807, 2.05) is 42.5 Å². The minimum atomic E-state index is -0.207. The number of rotatable bonds is 4. The third kappa shape index (κ3) is 3.50. The molecule has 0 saturated carbocycles. The van der Waals surface area contributed by atoms with Crippen molar-refractivity contribution in [1.29, 1.82) is 0 Å². The molecule has 30 heavy (non-hydrogen) atoms. The van der Waals surface area contributed by atoms with Crippen LogP contribution in [0.2, 0.25) is 0 Å². The summed E-state index contributed by atoms with van der Waals surface area (Å²) in [5.74, 6) is 0.440. The SMILES string of the molecule is O=C(Cn1cnc2ccccc2c1=O)N1CCC(Oc2ccc3ccccc3n2)C1. The molecule has 0 N–H and O–H groups in total. The summed E-state index contributed by atoms with van der Waals surface area (Å²) in [6.07, 6.45) is 2.05. The number of carbonyl (C=O) groups is 1. The van der Waals surface area contributed by atoms with Gasteiger partial charge in [0, 0.05) is 24.4 Å². The Morgan fingerprint density at radius 3 is 2.73 bits per heavy atom. The minimum absolute atomic E-state index is 0.0301. The fraction of sp³-hybridized carbons (Fsp3) is 0.217. The molecule has 7 heteroatoms. The number of aromatic nitrogens is 3. The average molecular weight is 400 g/mol. The van der Waals surface area contributed by atoms with Gasteiger partial charge in [-0.15, -0.1) is 0 Å². The zero-order valence-corrected chi connectivity index (χ0v) is 16.3. The van der Waals surface area contributed by atoms with Crippen molar-refractivity contribution in [3.05, 3.63) is 77.3 Å². The Labute approximate surface area is 172 Å². The lowest BCUT2D eigenvalue weighted by Gasteiger charge is -2.17. The van der Waals surface area contributed by atoms with Gasteiger partial charge in [0.1, 0.15) is 12.6 Å². The van der Waals surface area contributed by atoms with Gasteiger partial charge in [0.15, 0.2) is 0 Å². The van der Waals surface area contributed by atoms with Crippen LogP contribution in [0.4, 0.5) is 0 Å². The second-order valence-corrected chi connectivity index (χ2v) is 7.41. The van der Waals surface area contributed by atoms with E-state index in [0.717, 1.165) is 17.3 Å². The molecule has 2 aromatic carbocycles. The molecular weight excluding hydrogens is 380 g/mol. The number of likely N-dealkylation sites (tertiary alicyclic amines) is 1. The molecule has 1 atom stereocenters. The van der Waals surface area contributed by atoms with Crippen LogP contribution >= 0.6 is 0 Å². The maximum atomic E-state index is 12.7. The number of carbonyl (C=O) groups excluding carboxylic acids is 1. The summed E-state index contributed by atoms with van der Waals surface area (Å²) < 4.78 is 7.37. The summed E-state index contributed by atoms with van der Waals surface area (Å²) >= 11 is 0. The van der Waals surface area contributed by atoms with Crippen molar-refractivity contribution in [2.24, 2.45) is 0 Å². The molecule has 1 fully saturated rings. The molecule has 3 heterocycles. The van der Waals surface area contributed by atoms with E-state index < -0.39 is 0 Å². The zero-order valence-electron chi connectivity index (χ0n) is 16.3. The minimum Gasteiger partial charge on any atom is -0.472 e. The van der Waals surface area contributed by atoms with E-state index in [0.29, 0.717) is 29.9 Å². The Morgan fingerprint density at radius 2 is 1.83 bits per heavy atom. The van der Waals surface area contributed by atoms with Gasteiger partial charge in [-0.2, -0.15) is 0 Å². The van der Waals surface area contributed by atoms with Gasteiger partial charge >= 0.3 is 0 Å². The maximum absolute atomic E-state index is 12.7. The highest BCUT2D eigenvalue weighted by molar-refractivity contribution is 5.79. The summed E-state index contributed by atoms with van der Waals surface area (Å²) in [5.41, 5.74) is 1.30. The van der Waals surface area contributed by atoms with Crippen LogP contribution in [0, 0.1) is 0 Å². The molecule has 2 aromatic heterocycles. The second kappa shape index (κ2) is 7.59. The average Bonchev–Trinajstić information content (AvgIpc) is 3.24. The molecule has 150 valence electrons. The maximum Gasteiger partial charge on any atom is 0.261 e. The van der Waals surface area contributed by atoms with Crippen molar-refractivity contribution in [2.75, 3.05) is 13.1 Å². The highest BCUT2D eigenvalue weighted by Gasteiger charge is 2.28. The van der Waals surface area contributed by atoms with Gasteiger partial charge in [-0.05, 0) is 24.3 Å². The van der Waals surface area contributed by atoms with E-state index in [2.05, 4.69) is 9.97 Å². The summed E-state index contributed by atoms with van der Waals surface area (Å²) in [6, 6.07) is 18.8. The van der Waals surface area contributed by atoms with Gasteiger partial charge < -0.3 is 9.64 Å². The Balaban J connectivity index is 1.25. The van der Waals surface area contributed by atoms with Gasteiger partial charge in [0.25, 0.3) is 5.56 Å². The molecule has 1 unspecified atom stereocenters. The molecule has 7 nitrogen and oxygen atoms in total. The van der Waals surface area contributed by atoms with E-state index in [9.17, 15) is 9.59 Å². The molecule has 4 aromatic rings. The van der Waals surface area contributed by atoms with Crippen molar-refractivity contribution in [2.45, 2.75) is 19.1 Å². The zero-order chi connectivity index (χ0) is 20.5. The summed E-state index contributed by atoms with van der Waals surface area (Å²) in [6.45, 7) is 1.04. The Morgan fingerprint density at radius 1 is 1.03 bits per heavy atom. The van der Waals surface area contributed by atoms with Crippen molar-refractivity contribution in [3.8, 4) is 5.88 Å². The van der Waals surface area contributed by atoms with E-state index in [1.54, 1.807) is 23.1 Å². The number of hydrogen-bond acceptors (Lipinski definition) is 5. The number of ether oxygens (including phenoxy) is 1. The lowest BCUT2D eigenvalue weighted by molar-refractivity contribution is -0.131. The normalized spacial score (nSPS) is 16.3. The van der Waals surface area contributed by atoms with Gasteiger partial charge in [0.2, 0.25) is 11.8 Å². The number of fused-ring (bicyclic) bond motifs is 2. The van der Waals surface area contributed by atoms with Gasteiger partial charge in [-0.25, -0.2) is 9.97 Å². The first-order chi connectivity index (χ1) is 14.7. The van der Waals surface area contributed by atoms with Crippen molar-refractivity contribution in [1.82, 2.24) is 19.4 Å². The highest BCUT2D eigenvalue weighted by atomic mass is 16.5. The van der Waals surface area contributed by atoms with Crippen molar-refractivity contribution >= 4 is 27.7 Å². The molecule has 0 bridgehead atoms. The molecule has 5 rings (SSSR count). The molecule has 1 aliphatic heterocycles. The molecule has 1 amide bonds. The Hall–Kier alpha value is -3.74. The summed E-state index contributed by atoms with van der Waals surface area (Å²) in [7, 11) is 0. The standard InChI is InChI=1S/C23H20N4O3/c28-22(14-27-15-24-20-8-4-2-6-18(20)23(27)29)26-12-11-17(13-26)30-21-10-9-16-5-1-3-7-19(16)25-21/h1-10,15,17H,11-14H2. The topological polar surface area (TPSA) is 77.3 Å². The fourth-order valence-electron chi connectivity index (χ4n) is 3.80. The van der Waals surface area contributed by atoms with Crippen LogP contribution in [0.15, 0.2) is 71.8 Å². The van der Waals surface area contributed by atoms with Crippen LogP contribution in [0.25, 0.3) is 21.8 Å². The van der Waals surface area contributed by atoms with Crippen LogP contribution < -0.4 is 10.3 Å². The van der Waals surface area contributed by atoms with Crippen molar-refractivity contribution in [3.63, 3.8) is 0 Å². The predicted molar refractivity (Wildman–Crippen MR) is 113 cm³/mol. The van der Waals surface area contributed by atoms with E-state index >= 15 is 0 Å². The molecule has 0 radical (unpaired) electrons. The van der Waals surface area contributed by atoms with E-state index in [-0.39, 0.29) is 24.1 Å². The number of benzene rings is 2. The van der Waals surface area contributed by atoms with Crippen LogP contribution in [0.1, 0.15) is 6.42 Å². The number of hydrogen-bond donors (Lipinski definition) is 0. The number of pyridine rings is 1. The number of para-hydroxylation sites is 2. The van der Waals surface area contributed by atoms with Crippen LogP contribution in [0.5, 0.6) is 5.88 Å². The predicted octanol–water partition coefficient (Wildman–Crippen LogP) is 2.62. The number of amides is 1. The first-order valence-electron chi connectivity index (χ1n) is 9.92. The molecule has 0 aliphatic carbocycles. The van der Waals surface area contributed by atoms with Gasteiger partial charge in [0.05, 0.1) is 29.3 Å². The summed E-state index contributed by atoms with van der Waals surface area (Å²) in [4.78, 5) is 35.9. The quantitative estimate of drug-likeness (QED) is 0.526. The number of nitrogens with zero attached hydrogens (tertiary/aromatic N) is 4. The highest BCUT2D eigenvalue weighted by Crippen LogP contribution is 2.20. The first kappa shape index (κ1) is 18.3. The first-order valence-corrected chi connectivity index (χ1v) is 9.92. The Kier molecular flexibility index (Phi) is 4.63. The largest absolute Gasteiger partial charge is 0.472 e. The van der Waals surface area contributed by atoms with Crippen LogP contribution in [0.3, 0.4) is 0 Å². The van der Waals surface area contributed by atoms with Gasteiger partial charge in [-0.3, -0.25) is 14.2 Å². The van der Waals surface area contributed by atoms with Crippen LogP contribution in [-0.4, -0.2) is 44.5 Å². The summed E-state index contributed by atoms with van der Waals surface area (Å²) in [5, 5.41) is 1.57. The fourth-order valence-corrected chi connectivity index (χ4v) is 3.80. The third-order valence-corrected chi connectivity index (χ3v) is 5.40. The van der Waals surface area contributed by atoms with E-state index in [4.69, 9.17) is 4.74 Å². The third-order valence-electron chi connectivity index (χ3n) is 5.40. The smallest absolute Gasteiger partial charge is 0.261 e. The molecular formula is C23H20N4O3. The van der Waals surface area contributed by atoms with Gasteiger partial charge in [-0.1, -0.05) is 30.3 Å². The second-order valence-electron chi connectivity index (χ2n) is 7.41. The lowest BCUT2D eigenvalue weighted by Crippen LogP contribution is -2.36. The van der Waals surface area contributed by atoms with Crippen molar-refractivity contribution < 1.29 is 9.53 Å². The molecule has 1 aliphatic rings.